The van der Waals surface area contributed by atoms with Crippen molar-refractivity contribution in [3.63, 3.8) is 0 Å². The summed E-state index contributed by atoms with van der Waals surface area (Å²) in [5.41, 5.74) is 0.641. The minimum absolute atomic E-state index is 0.00393. The molecule has 0 atom stereocenters. The van der Waals surface area contributed by atoms with Gasteiger partial charge in [0.25, 0.3) is 5.91 Å². The maximum absolute atomic E-state index is 12.6. The van der Waals surface area contributed by atoms with Crippen LogP contribution < -0.4 is 4.74 Å². The average molecular weight is 370 g/mol. The van der Waals surface area contributed by atoms with Crippen LogP contribution in [0.2, 0.25) is 0 Å². The molecule has 7 heteroatoms. The summed E-state index contributed by atoms with van der Waals surface area (Å²) in [6, 6.07) is 7.12. The lowest BCUT2D eigenvalue weighted by atomic mass is 10.1. The molecule has 7 nitrogen and oxygen atoms in total. The number of hydrogen-bond donors (Lipinski definition) is 0. The molecule has 1 aromatic carbocycles. The van der Waals surface area contributed by atoms with Gasteiger partial charge in [0, 0.05) is 63.5 Å². The molecular weight excluding hydrogens is 344 g/mol. The predicted octanol–water partition coefficient (Wildman–Crippen LogP) is 1.83. The number of carbonyl (C=O) groups is 2. The van der Waals surface area contributed by atoms with Crippen molar-refractivity contribution >= 4 is 11.8 Å². The third kappa shape index (κ3) is 4.48. The highest BCUT2D eigenvalue weighted by Gasteiger charge is 2.24. The second kappa shape index (κ2) is 8.70. The van der Waals surface area contributed by atoms with Crippen molar-refractivity contribution in [2.75, 3.05) is 33.3 Å². The Bertz CT molecular complexity index is 777. The van der Waals surface area contributed by atoms with Gasteiger partial charge in [-0.15, -0.1) is 0 Å². The number of aromatic nitrogens is 2. The number of nitrogens with zero attached hydrogens (tertiary/aromatic N) is 4. The Morgan fingerprint density at radius 1 is 1.07 bits per heavy atom. The topological polar surface area (TPSA) is 67.7 Å². The smallest absolute Gasteiger partial charge is 0.253 e. The molecule has 0 N–H and O–H groups in total. The van der Waals surface area contributed by atoms with Gasteiger partial charge in [-0.3, -0.25) is 9.59 Å². The van der Waals surface area contributed by atoms with Gasteiger partial charge >= 0.3 is 0 Å². The highest BCUT2D eigenvalue weighted by Crippen LogP contribution is 2.15. The van der Waals surface area contributed by atoms with Gasteiger partial charge in [-0.05, 0) is 24.3 Å². The Labute approximate surface area is 159 Å². The molecule has 0 unspecified atom stereocenters. The van der Waals surface area contributed by atoms with E-state index in [-0.39, 0.29) is 11.8 Å². The van der Waals surface area contributed by atoms with Gasteiger partial charge in [-0.1, -0.05) is 6.92 Å². The van der Waals surface area contributed by atoms with E-state index in [2.05, 4.69) is 11.9 Å². The van der Waals surface area contributed by atoms with Crippen molar-refractivity contribution in [2.45, 2.75) is 26.3 Å². The number of aryl methyl sites for hydroxylation is 2. The van der Waals surface area contributed by atoms with Gasteiger partial charge < -0.3 is 19.1 Å². The van der Waals surface area contributed by atoms with Gasteiger partial charge in [0.15, 0.2) is 0 Å². The zero-order valence-corrected chi connectivity index (χ0v) is 15.9. The highest BCUT2D eigenvalue weighted by atomic mass is 16.5. The van der Waals surface area contributed by atoms with E-state index in [0.717, 1.165) is 18.0 Å². The molecule has 0 bridgehead atoms. The summed E-state index contributed by atoms with van der Waals surface area (Å²) in [4.78, 5) is 33.0. The highest BCUT2D eigenvalue weighted by molar-refractivity contribution is 5.94. The fourth-order valence-electron chi connectivity index (χ4n) is 3.31. The number of imidazole rings is 1. The molecule has 2 heterocycles. The number of hydrogen-bond acceptors (Lipinski definition) is 4. The summed E-state index contributed by atoms with van der Waals surface area (Å²) in [5, 5.41) is 0. The quantitative estimate of drug-likeness (QED) is 0.778. The van der Waals surface area contributed by atoms with Gasteiger partial charge in [0.1, 0.15) is 11.6 Å². The van der Waals surface area contributed by atoms with Crippen molar-refractivity contribution in [2.24, 2.45) is 0 Å². The van der Waals surface area contributed by atoms with Crippen LogP contribution in [0.4, 0.5) is 0 Å². The molecule has 0 saturated carbocycles. The number of rotatable bonds is 6. The first-order valence-corrected chi connectivity index (χ1v) is 9.33. The number of amides is 2. The third-order valence-corrected chi connectivity index (χ3v) is 4.94. The Morgan fingerprint density at radius 3 is 2.37 bits per heavy atom. The van der Waals surface area contributed by atoms with Crippen LogP contribution in [0.3, 0.4) is 0 Å². The van der Waals surface area contributed by atoms with Crippen molar-refractivity contribution < 1.29 is 14.3 Å². The van der Waals surface area contributed by atoms with Crippen LogP contribution in [0.15, 0.2) is 36.7 Å². The Kier molecular flexibility index (Phi) is 6.11. The molecule has 144 valence electrons. The van der Waals surface area contributed by atoms with Crippen LogP contribution in [-0.4, -0.2) is 64.5 Å². The third-order valence-electron chi connectivity index (χ3n) is 4.94. The standard InChI is InChI=1S/C20H26N4O3/c1-3-18-21-9-11-22(18)10-8-19(25)23-12-14-24(15-13-23)20(26)16-4-6-17(27-2)7-5-16/h4-7,9,11H,3,8,10,12-15H2,1-2H3. The number of ether oxygens (including phenoxy) is 1. The molecule has 1 fully saturated rings. The minimum Gasteiger partial charge on any atom is -0.497 e. The van der Waals surface area contributed by atoms with Crippen LogP contribution >= 0.6 is 0 Å². The SMILES string of the molecule is CCc1nccn1CCC(=O)N1CCN(C(=O)c2ccc(OC)cc2)CC1. The van der Waals surface area contributed by atoms with E-state index >= 15 is 0 Å². The molecule has 0 aliphatic carbocycles. The lowest BCUT2D eigenvalue weighted by Crippen LogP contribution is -2.50. The molecular formula is C20H26N4O3. The molecule has 1 aliphatic heterocycles. The van der Waals surface area contributed by atoms with Gasteiger partial charge in [0.2, 0.25) is 5.91 Å². The van der Waals surface area contributed by atoms with Gasteiger partial charge in [-0.25, -0.2) is 4.98 Å². The molecule has 2 aromatic rings. The van der Waals surface area contributed by atoms with Crippen LogP contribution in [-0.2, 0) is 17.8 Å². The van der Waals surface area contributed by atoms with E-state index < -0.39 is 0 Å². The summed E-state index contributed by atoms with van der Waals surface area (Å²) in [6.07, 6.45) is 4.99. The molecule has 1 aromatic heterocycles. The zero-order valence-electron chi connectivity index (χ0n) is 15.9. The summed E-state index contributed by atoms with van der Waals surface area (Å²) in [6.45, 7) is 4.97. The Morgan fingerprint density at radius 2 is 1.74 bits per heavy atom. The first-order chi connectivity index (χ1) is 13.1. The van der Waals surface area contributed by atoms with Crippen LogP contribution in [0.1, 0.15) is 29.5 Å². The molecule has 1 aliphatic rings. The van der Waals surface area contributed by atoms with Crippen molar-refractivity contribution in [3.8, 4) is 5.75 Å². The zero-order chi connectivity index (χ0) is 19.2. The summed E-state index contributed by atoms with van der Waals surface area (Å²) in [7, 11) is 1.60. The molecule has 27 heavy (non-hydrogen) atoms. The fraction of sp³-hybridized carbons (Fsp3) is 0.450. The number of methoxy groups -OCH3 is 1. The van der Waals surface area contributed by atoms with Gasteiger partial charge in [-0.2, -0.15) is 0 Å². The molecule has 0 spiro atoms. The van der Waals surface area contributed by atoms with E-state index in [4.69, 9.17) is 4.74 Å². The molecule has 2 amide bonds. The van der Waals surface area contributed by atoms with Crippen LogP contribution in [0, 0.1) is 0 Å². The normalized spacial score (nSPS) is 14.3. The van der Waals surface area contributed by atoms with Crippen molar-refractivity contribution in [1.82, 2.24) is 19.4 Å². The molecule has 3 rings (SSSR count). The van der Waals surface area contributed by atoms with Crippen molar-refractivity contribution in [1.29, 1.82) is 0 Å². The monoisotopic (exact) mass is 370 g/mol. The first kappa shape index (κ1) is 18.9. The lowest BCUT2D eigenvalue weighted by Gasteiger charge is -2.35. The maximum atomic E-state index is 12.6. The largest absolute Gasteiger partial charge is 0.497 e. The van der Waals surface area contributed by atoms with Crippen molar-refractivity contribution in [3.05, 3.63) is 48.0 Å². The van der Waals surface area contributed by atoms with Gasteiger partial charge in [0.05, 0.1) is 7.11 Å². The van der Waals surface area contributed by atoms with Crippen LogP contribution in [0.5, 0.6) is 5.75 Å². The van der Waals surface area contributed by atoms with E-state index in [1.165, 1.54) is 0 Å². The summed E-state index contributed by atoms with van der Waals surface area (Å²) >= 11 is 0. The molecule has 1 saturated heterocycles. The summed E-state index contributed by atoms with van der Waals surface area (Å²) < 4.78 is 7.15. The second-order valence-electron chi connectivity index (χ2n) is 6.54. The van der Waals surface area contributed by atoms with Crippen LogP contribution in [0.25, 0.3) is 0 Å². The fourth-order valence-corrected chi connectivity index (χ4v) is 3.31. The second-order valence-corrected chi connectivity index (χ2v) is 6.54. The molecule has 0 radical (unpaired) electrons. The minimum atomic E-state index is -0.00393. The Balaban J connectivity index is 1.49. The number of benzene rings is 1. The van der Waals surface area contributed by atoms with E-state index in [1.54, 1.807) is 42.5 Å². The average Bonchev–Trinajstić information content (AvgIpc) is 3.19. The Hall–Kier alpha value is -2.83. The first-order valence-electron chi connectivity index (χ1n) is 9.33. The van der Waals surface area contributed by atoms with E-state index in [9.17, 15) is 9.59 Å². The lowest BCUT2D eigenvalue weighted by molar-refractivity contribution is -0.132. The van der Waals surface area contributed by atoms with E-state index in [0.29, 0.717) is 44.7 Å². The number of piperazine rings is 1. The maximum Gasteiger partial charge on any atom is 0.253 e. The predicted molar refractivity (Wildman–Crippen MR) is 102 cm³/mol. The summed E-state index contributed by atoms with van der Waals surface area (Å²) in [5.74, 6) is 1.85. The van der Waals surface area contributed by atoms with E-state index in [1.807, 2.05) is 15.7 Å². The number of carbonyl (C=O) groups excluding carboxylic acids is 2.